The molecule has 2 heterocycles. The van der Waals surface area contributed by atoms with Crippen LogP contribution in [0.3, 0.4) is 0 Å². The van der Waals surface area contributed by atoms with Crippen LogP contribution in [0.5, 0.6) is 0 Å². The Hall–Kier alpha value is -1.14. The van der Waals surface area contributed by atoms with Crippen molar-refractivity contribution in [2.75, 3.05) is 18.8 Å². The first-order chi connectivity index (χ1) is 8.77. The third-order valence-electron chi connectivity index (χ3n) is 2.48. The van der Waals surface area contributed by atoms with Crippen LogP contribution in [0, 0.1) is 5.92 Å². The number of hydrogen-bond donors (Lipinski definition) is 2. The van der Waals surface area contributed by atoms with Gasteiger partial charge in [0.1, 0.15) is 16.9 Å². The quantitative estimate of drug-likeness (QED) is 0.456. The Bertz CT molecular complexity index is 482. The molecule has 2 aromatic heterocycles. The van der Waals surface area contributed by atoms with Crippen LogP contribution in [0.2, 0.25) is 0 Å². The number of nitrogens with zero attached hydrogens (tertiary/aromatic N) is 3. The maximum absolute atomic E-state index is 4.29. The van der Waals surface area contributed by atoms with Gasteiger partial charge < -0.3 is 10.3 Å². The molecule has 0 bridgehead atoms. The van der Waals surface area contributed by atoms with Crippen molar-refractivity contribution in [3.05, 3.63) is 12.7 Å². The molecule has 18 heavy (non-hydrogen) atoms. The predicted molar refractivity (Wildman–Crippen MR) is 74.7 cm³/mol. The van der Waals surface area contributed by atoms with Crippen LogP contribution >= 0.6 is 11.8 Å². The second-order valence-electron chi connectivity index (χ2n) is 4.58. The summed E-state index contributed by atoms with van der Waals surface area (Å²) in [4.78, 5) is 15.6. The number of nitrogens with one attached hydrogen (secondary N) is 2. The average molecular weight is 265 g/mol. The topological polar surface area (TPSA) is 66.5 Å². The SMILES string of the molecule is CC(C)CNCCCSc1ncnc2nc[nH]c12. The van der Waals surface area contributed by atoms with Crippen molar-refractivity contribution in [1.82, 2.24) is 25.3 Å². The van der Waals surface area contributed by atoms with Gasteiger partial charge in [-0.05, 0) is 25.4 Å². The van der Waals surface area contributed by atoms with Crippen molar-refractivity contribution < 1.29 is 0 Å². The average Bonchev–Trinajstić information content (AvgIpc) is 2.82. The molecule has 0 unspecified atom stereocenters. The molecule has 0 saturated heterocycles. The van der Waals surface area contributed by atoms with Crippen molar-refractivity contribution in [3.63, 3.8) is 0 Å². The molecule has 0 saturated carbocycles. The molecule has 0 aliphatic rings. The molecule has 5 nitrogen and oxygen atoms in total. The molecule has 6 heteroatoms. The van der Waals surface area contributed by atoms with Crippen LogP contribution in [0.25, 0.3) is 11.2 Å². The Kier molecular flexibility index (Phi) is 4.95. The van der Waals surface area contributed by atoms with Crippen LogP contribution in [0.4, 0.5) is 0 Å². The molecular weight excluding hydrogens is 246 g/mol. The van der Waals surface area contributed by atoms with E-state index < -0.39 is 0 Å². The number of H-pyrrole nitrogens is 1. The zero-order valence-electron chi connectivity index (χ0n) is 10.8. The smallest absolute Gasteiger partial charge is 0.181 e. The number of imidazole rings is 1. The van der Waals surface area contributed by atoms with Gasteiger partial charge in [-0.1, -0.05) is 13.8 Å². The Labute approximate surface area is 111 Å². The van der Waals surface area contributed by atoms with Crippen LogP contribution < -0.4 is 5.32 Å². The first-order valence-corrected chi connectivity index (χ1v) is 7.23. The summed E-state index contributed by atoms with van der Waals surface area (Å²) in [5.74, 6) is 1.76. The molecule has 2 aromatic rings. The normalized spacial score (nSPS) is 11.5. The maximum Gasteiger partial charge on any atom is 0.181 e. The Balaban J connectivity index is 1.75. The van der Waals surface area contributed by atoms with E-state index in [9.17, 15) is 0 Å². The van der Waals surface area contributed by atoms with E-state index in [4.69, 9.17) is 0 Å². The Morgan fingerprint density at radius 3 is 3.06 bits per heavy atom. The lowest BCUT2D eigenvalue weighted by Gasteiger charge is -2.06. The number of fused-ring (bicyclic) bond motifs is 1. The summed E-state index contributed by atoms with van der Waals surface area (Å²) in [6.45, 7) is 6.58. The van der Waals surface area contributed by atoms with Crippen molar-refractivity contribution >= 4 is 22.9 Å². The Morgan fingerprint density at radius 1 is 1.33 bits per heavy atom. The first kappa shape index (κ1) is 13.3. The molecule has 2 rings (SSSR count). The van der Waals surface area contributed by atoms with Crippen molar-refractivity contribution in [3.8, 4) is 0 Å². The van der Waals surface area contributed by atoms with Crippen LogP contribution in [0.15, 0.2) is 17.7 Å². The van der Waals surface area contributed by atoms with E-state index in [0.717, 1.165) is 41.5 Å². The molecule has 98 valence electrons. The van der Waals surface area contributed by atoms with Crippen molar-refractivity contribution in [2.24, 2.45) is 5.92 Å². The molecule has 0 amide bonds. The van der Waals surface area contributed by atoms with Crippen molar-refractivity contribution in [1.29, 1.82) is 0 Å². The number of hydrogen-bond acceptors (Lipinski definition) is 5. The van der Waals surface area contributed by atoms with Gasteiger partial charge in [-0.3, -0.25) is 0 Å². The summed E-state index contributed by atoms with van der Waals surface area (Å²) in [7, 11) is 0. The minimum atomic E-state index is 0.712. The molecule has 0 aromatic carbocycles. The first-order valence-electron chi connectivity index (χ1n) is 6.25. The van der Waals surface area contributed by atoms with Crippen LogP contribution in [-0.4, -0.2) is 38.8 Å². The van der Waals surface area contributed by atoms with Crippen LogP contribution in [-0.2, 0) is 0 Å². The van der Waals surface area contributed by atoms with Gasteiger partial charge in [0.2, 0.25) is 0 Å². The van der Waals surface area contributed by atoms with Gasteiger partial charge in [-0.2, -0.15) is 0 Å². The minimum absolute atomic E-state index is 0.712. The summed E-state index contributed by atoms with van der Waals surface area (Å²) >= 11 is 1.75. The molecule has 0 aliphatic heterocycles. The fourth-order valence-corrected chi connectivity index (χ4v) is 2.51. The van der Waals surface area contributed by atoms with Gasteiger partial charge in [-0.25, -0.2) is 15.0 Å². The fraction of sp³-hybridized carbons (Fsp3) is 0.583. The molecular formula is C12H19N5S. The largest absolute Gasteiger partial charge is 0.341 e. The highest BCUT2D eigenvalue weighted by Crippen LogP contribution is 2.21. The summed E-state index contributed by atoms with van der Waals surface area (Å²) in [5, 5.41) is 4.42. The van der Waals surface area contributed by atoms with Gasteiger partial charge in [0.15, 0.2) is 5.65 Å². The molecule has 0 aliphatic carbocycles. The lowest BCUT2D eigenvalue weighted by molar-refractivity contribution is 0.552. The van der Waals surface area contributed by atoms with E-state index in [1.54, 1.807) is 24.4 Å². The molecule has 0 radical (unpaired) electrons. The highest BCUT2D eigenvalue weighted by molar-refractivity contribution is 7.99. The summed E-state index contributed by atoms with van der Waals surface area (Å²) in [5.41, 5.74) is 1.68. The number of aromatic amines is 1. The molecule has 0 atom stereocenters. The van der Waals surface area contributed by atoms with E-state index >= 15 is 0 Å². The van der Waals surface area contributed by atoms with Gasteiger partial charge in [-0.15, -0.1) is 11.8 Å². The lowest BCUT2D eigenvalue weighted by Crippen LogP contribution is -2.21. The highest BCUT2D eigenvalue weighted by Gasteiger charge is 2.05. The summed E-state index contributed by atoms with van der Waals surface area (Å²) < 4.78 is 0. The van der Waals surface area contributed by atoms with E-state index in [2.05, 4.69) is 39.1 Å². The third-order valence-corrected chi connectivity index (χ3v) is 3.55. The number of thioether (sulfide) groups is 1. The predicted octanol–water partition coefficient (Wildman–Crippen LogP) is 2.08. The minimum Gasteiger partial charge on any atom is -0.341 e. The van der Waals surface area contributed by atoms with Crippen molar-refractivity contribution in [2.45, 2.75) is 25.3 Å². The monoisotopic (exact) mass is 265 g/mol. The third kappa shape index (κ3) is 3.68. The number of rotatable bonds is 7. The number of aromatic nitrogens is 4. The second-order valence-corrected chi connectivity index (χ2v) is 5.66. The van der Waals surface area contributed by atoms with E-state index in [1.165, 1.54) is 0 Å². The van der Waals surface area contributed by atoms with E-state index in [0.29, 0.717) is 5.92 Å². The molecule has 0 spiro atoms. The zero-order chi connectivity index (χ0) is 12.8. The second kappa shape index (κ2) is 6.70. The lowest BCUT2D eigenvalue weighted by atomic mass is 10.2. The fourth-order valence-electron chi connectivity index (χ4n) is 1.61. The summed E-state index contributed by atoms with van der Waals surface area (Å²) in [6.07, 6.45) is 4.37. The zero-order valence-corrected chi connectivity index (χ0v) is 11.6. The summed E-state index contributed by atoms with van der Waals surface area (Å²) in [6, 6.07) is 0. The highest BCUT2D eigenvalue weighted by atomic mass is 32.2. The standard InChI is InChI=1S/C12H19N5S/c1-9(2)6-13-4-3-5-18-12-10-11(15-7-14-10)16-8-17-12/h7-9,13H,3-6H2,1-2H3,(H,14,15,16,17). The Morgan fingerprint density at radius 2 is 2.22 bits per heavy atom. The van der Waals surface area contributed by atoms with Gasteiger partial charge in [0, 0.05) is 5.75 Å². The maximum atomic E-state index is 4.29. The van der Waals surface area contributed by atoms with Crippen LogP contribution in [0.1, 0.15) is 20.3 Å². The molecule has 0 fully saturated rings. The van der Waals surface area contributed by atoms with Gasteiger partial charge >= 0.3 is 0 Å². The van der Waals surface area contributed by atoms with Gasteiger partial charge in [0.25, 0.3) is 0 Å². The van der Waals surface area contributed by atoms with Gasteiger partial charge in [0.05, 0.1) is 6.33 Å². The molecule has 2 N–H and O–H groups in total. The van der Waals surface area contributed by atoms with E-state index in [1.807, 2.05) is 0 Å². The van der Waals surface area contributed by atoms with E-state index in [-0.39, 0.29) is 0 Å².